The number of rotatable bonds is 3. The fourth-order valence-electron chi connectivity index (χ4n) is 2.50. The Morgan fingerprint density at radius 3 is 2.73 bits per heavy atom. The summed E-state index contributed by atoms with van der Waals surface area (Å²) in [5.41, 5.74) is 4.79. The van der Waals surface area contributed by atoms with Gasteiger partial charge in [-0.3, -0.25) is 0 Å². The first kappa shape index (κ1) is 12.9. The molecular formula is C12H25NO2. The van der Waals surface area contributed by atoms with Gasteiger partial charge in [0.15, 0.2) is 0 Å². The average molecular weight is 215 g/mol. The molecule has 0 heterocycles. The fraction of sp³-hybridized carbons (Fsp3) is 1.00. The highest BCUT2D eigenvalue weighted by molar-refractivity contribution is 5.01. The average Bonchev–Trinajstić information content (AvgIpc) is 2.30. The van der Waals surface area contributed by atoms with Gasteiger partial charge in [0.1, 0.15) is 0 Å². The first-order valence-electron chi connectivity index (χ1n) is 5.91. The Balaban J connectivity index is 2.71. The summed E-state index contributed by atoms with van der Waals surface area (Å²) in [6, 6.07) is 0. The van der Waals surface area contributed by atoms with Gasteiger partial charge in [-0.2, -0.15) is 0 Å². The summed E-state index contributed by atoms with van der Waals surface area (Å²) in [5, 5.41) is 10.6. The van der Waals surface area contributed by atoms with E-state index in [1.807, 2.05) is 6.92 Å². The summed E-state index contributed by atoms with van der Waals surface area (Å²) in [7, 11) is 1.63. The molecule has 0 aliphatic heterocycles. The van der Waals surface area contributed by atoms with Gasteiger partial charge in [0.2, 0.25) is 0 Å². The van der Waals surface area contributed by atoms with E-state index in [1.54, 1.807) is 7.11 Å². The van der Waals surface area contributed by atoms with E-state index in [9.17, 15) is 5.11 Å². The van der Waals surface area contributed by atoms with Crippen LogP contribution in [-0.4, -0.2) is 30.0 Å². The number of hydrogen-bond donors (Lipinski definition) is 2. The standard InChI is InChI=1S/C12H25NO2/c1-10-5-4-7-12(14,8-6-10)11(2,13)9-15-3/h10,14H,4-9,13H2,1-3H3. The van der Waals surface area contributed by atoms with Crippen molar-refractivity contribution >= 4 is 0 Å². The zero-order valence-corrected chi connectivity index (χ0v) is 10.3. The molecule has 1 saturated carbocycles. The van der Waals surface area contributed by atoms with Crippen LogP contribution in [0.1, 0.15) is 46.0 Å². The summed E-state index contributed by atoms with van der Waals surface area (Å²) >= 11 is 0. The number of methoxy groups -OCH3 is 1. The lowest BCUT2D eigenvalue weighted by Crippen LogP contribution is -2.61. The molecule has 0 aromatic heterocycles. The van der Waals surface area contributed by atoms with Gasteiger partial charge in [-0.25, -0.2) is 0 Å². The third-order valence-electron chi connectivity index (χ3n) is 3.85. The molecular weight excluding hydrogens is 190 g/mol. The molecule has 3 heteroatoms. The maximum absolute atomic E-state index is 10.6. The molecule has 1 aliphatic rings. The monoisotopic (exact) mass is 215 g/mol. The van der Waals surface area contributed by atoms with Gasteiger partial charge in [-0.05, 0) is 32.1 Å². The van der Waals surface area contributed by atoms with Crippen LogP contribution in [0, 0.1) is 5.92 Å². The van der Waals surface area contributed by atoms with E-state index in [4.69, 9.17) is 10.5 Å². The van der Waals surface area contributed by atoms with E-state index < -0.39 is 11.1 Å². The predicted molar refractivity (Wildman–Crippen MR) is 61.7 cm³/mol. The summed E-state index contributed by atoms with van der Waals surface area (Å²) in [6.07, 6.45) is 4.92. The van der Waals surface area contributed by atoms with E-state index in [0.29, 0.717) is 12.5 Å². The van der Waals surface area contributed by atoms with Gasteiger partial charge in [-0.1, -0.05) is 19.8 Å². The lowest BCUT2D eigenvalue weighted by Gasteiger charge is -2.41. The van der Waals surface area contributed by atoms with Crippen LogP contribution >= 0.6 is 0 Å². The Hall–Kier alpha value is -0.120. The third kappa shape index (κ3) is 2.92. The molecule has 15 heavy (non-hydrogen) atoms. The van der Waals surface area contributed by atoms with Gasteiger partial charge in [0.05, 0.1) is 17.7 Å². The Morgan fingerprint density at radius 1 is 1.47 bits per heavy atom. The molecule has 1 rings (SSSR count). The van der Waals surface area contributed by atoms with Crippen LogP contribution < -0.4 is 5.73 Å². The molecule has 1 aliphatic carbocycles. The van der Waals surface area contributed by atoms with Crippen molar-refractivity contribution < 1.29 is 9.84 Å². The van der Waals surface area contributed by atoms with Crippen molar-refractivity contribution in [2.24, 2.45) is 11.7 Å². The number of aliphatic hydroxyl groups is 1. The van der Waals surface area contributed by atoms with Crippen molar-refractivity contribution in [2.75, 3.05) is 13.7 Å². The molecule has 0 radical (unpaired) electrons. The van der Waals surface area contributed by atoms with Gasteiger partial charge < -0.3 is 15.6 Å². The smallest absolute Gasteiger partial charge is 0.0846 e. The highest BCUT2D eigenvalue weighted by atomic mass is 16.5. The van der Waals surface area contributed by atoms with Crippen LogP contribution in [0.4, 0.5) is 0 Å². The lowest BCUT2D eigenvalue weighted by atomic mass is 9.77. The minimum Gasteiger partial charge on any atom is -0.388 e. The second kappa shape index (κ2) is 4.81. The quantitative estimate of drug-likeness (QED) is 0.704. The number of hydrogen-bond acceptors (Lipinski definition) is 3. The summed E-state index contributed by atoms with van der Waals surface area (Å²) in [4.78, 5) is 0. The number of ether oxygens (including phenoxy) is 1. The molecule has 3 N–H and O–H groups in total. The SMILES string of the molecule is COCC(C)(N)C1(O)CCCC(C)CC1. The highest BCUT2D eigenvalue weighted by Gasteiger charge is 2.44. The van der Waals surface area contributed by atoms with Crippen molar-refractivity contribution in [3.8, 4) is 0 Å². The topological polar surface area (TPSA) is 55.5 Å². The van der Waals surface area contributed by atoms with E-state index in [1.165, 1.54) is 6.42 Å². The Labute approximate surface area is 93.0 Å². The van der Waals surface area contributed by atoms with Crippen molar-refractivity contribution in [1.29, 1.82) is 0 Å². The minimum atomic E-state index is -0.756. The van der Waals surface area contributed by atoms with Gasteiger partial charge in [0.25, 0.3) is 0 Å². The first-order valence-corrected chi connectivity index (χ1v) is 5.91. The molecule has 3 unspecified atom stereocenters. The predicted octanol–water partition coefficient (Wildman–Crippen LogP) is 1.68. The summed E-state index contributed by atoms with van der Waals surface area (Å²) in [5.74, 6) is 0.706. The molecule has 0 bridgehead atoms. The van der Waals surface area contributed by atoms with Crippen molar-refractivity contribution in [3.05, 3.63) is 0 Å². The molecule has 3 nitrogen and oxygen atoms in total. The Morgan fingerprint density at radius 2 is 2.13 bits per heavy atom. The van der Waals surface area contributed by atoms with E-state index in [-0.39, 0.29) is 0 Å². The molecule has 1 fully saturated rings. The van der Waals surface area contributed by atoms with Crippen molar-refractivity contribution in [3.63, 3.8) is 0 Å². The first-order chi connectivity index (χ1) is 6.91. The summed E-state index contributed by atoms with van der Waals surface area (Å²) in [6.45, 7) is 4.56. The van der Waals surface area contributed by atoms with E-state index >= 15 is 0 Å². The molecule has 0 aromatic carbocycles. The van der Waals surface area contributed by atoms with Crippen LogP contribution in [0.3, 0.4) is 0 Å². The highest BCUT2D eigenvalue weighted by Crippen LogP contribution is 2.36. The molecule has 0 spiro atoms. The van der Waals surface area contributed by atoms with Crippen molar-refractivity contribution in [1.82, 2.24) is 0 Å². The fourth-order valence-corrected chi connectivity index (χ4v) is 2.50. The minimum absolute atomic E-state index is 0.415. The molecule has 0 aromatic rings. The van der Waals surface area contributed by atoms with Gasteiger partial charge >= 0.3 is 0 Å². The van der Waals surface area contributed by atoms with Crippen molar-refractivity contribution in [2.45, 2.75) is 57.1 Å². The molecule has 90 valence electrons. The lowest BCUT2D eigenvalue weighted by molar-refractivity contribution is -0.0682. The maximum Gasteiger partial charge on any atom is 0.0846 e. The van der Waals surface area contributed by atoms with Crippen LogP contribution in [-0.2, 0) is 4.74 Å². The van der Waals surface area contributed by atoms with Crippen LogP contribution in [0.5, 0.6) is 0 Å². The van der Waals surface area contributed by atoms with Gasteiger partial charge in [0, 0.05) is 7.11 Å². The molecule has 0 amide bonds. The summed E-state index contributed by atoms with van der Waals surface area (Å²) < 4.78 is 5.11. The van der Waals surface area contributed by atoms with Crippen LogP contribution in [0.2, 0.25) is 0 Å². The zero-order chi connectivity index (χ0) is 11.5. The second-order valence-electron chi connectivity index (χ2n) is 5.42. The van der Waals surface area contributed by atoms with E-state index in [0.717, 1.165) is 25.7 Å². The second-order valence-corrected chi connectivity index (χ2v) is 5.42. The van der Waals surface area contributed by atoms with Crippen LogP contribution in [0.25, 0.3) is 0 Å². The molecule has 3 atom stereocenters. The van der Waals surface area contributed by atoms with Crippen LogP contribution in [0.15, 0.2) is 0 Å². The largest absolute Gasteiger partial charge is 0.388 e. The molecule has 0 saturated heterocycles. The Kier molecular flexibility index (Phi) is 4.15. The van der Waals surface area contributed by atoms with E-state index in [2.05, 4.69) is 6.92 Å². The zero-order valence-electron chi connectivity index (χ0n) is 10.3. The normalized spacial score (nSPS) is 37.0. The Bertz CT molecular complexity index is 206. The maximum atomic E-state index is 10.6. The number of nitrogens with two attached hydrogens (primary N) is 1. The third-order valence-corrected chi connectivity index (χ3v) is 3.85. The van der Waals surface area contributed by atoms with Gasteiger partial charge in [-0.15, -0.1) is 0 Å².